The summed E-state index contributed by atoms with van der Waals surface area (Å²) in [6.07, 6.45) is -0.893. The van der Waals surface area contributed by atoms with Gasteiger partial charge in [-0.1, -0.05) is 18.2 Å². The molecular weight excluding hydrogens is 360 g/mol. The van der Waals surface area contributed by atoms with Gasteiger partial charge in [0.2, 0.25) is 0 Å². The van der Waals surface area contributed by atoms with Crippen molar-refractivity contribution >= 4 is 44.7 Å². The molecule has 140 valence electrons. The Morgan fingerprint density at radius 2 is 1.74 bits per heavy atom. The molecule has 27 heavy (non-hydrogen) atoms. The maximum absolute atomic E-state index is 12.5. The number of aryl methyl sites for hydroxylation is 1. The predicted octanol–water partition coefficient (Wildman–Crippen LogP) is 4.46. The molecule has 0 saturated heterocycles. The fraction of sp³-hybridized carbons (Fsp3) is 0.238. The highest BCUT2D eigenvalue weighted by atomic mass is 32.1. The average molecular weight is 382 g/mol. The summed E-state index contributed by atoms with van der Waals surface area (Å²) in [4.78, 5) is 27.4. The summed E-state index contributed by atoms with van der Waals surface area (Å²) >= 11 is 1.38. The first-order valence-corrected chi connectivity index (χ1v) is 9.46. The number of ether oxygens (including phenoxy) is 1. The van der Waals surface area contributed by atoms with Crippen molar-refractivity contribution in [2.75, 3.05) is 24.3 Å². The first-order chi connectivity index (χ1) is 12.9. The number of nitrogens with one attached hydrogen (secondary N) is 1. The summed E-state index contributed by atoms with van der Waals surface area (Å²) in [5.74, 6) is -0.834. The molecule has 2 aromatic carbocycles. The standard InChI is InChI=1S/C21H22N2O3S/c1-13-17-7-5-6-8-18(17)27-19(13)21(25)26-14(2)20(24)22-15-9-11-16(12-10-15)23(3)4/h5-12,14H,1-4H3,(H,22,24). The average Bonchev–Trinajstić information content (AvgIpc) is 2.99. The lowest BCUT2D eigenvalue weighted by Crippen LogP contribution is -2.29. The number of nitrogens with zero attached hydrogens (tertiary/aromatic N) is 1. The van der Waals surface area contributed by atoms with E-state index >= 15 is 0 Å². The maximum Gasteiger partial charge on any atom is 0.349 e. The van der Waals surface area contributed by atoms with Crippen LogP contribution in [0.2, 0.25) is 0 Å². The van der Waals surface area contributed by atoms with E-state index in [1.807, 2.05) is 74.4 Å². The van der Waals surface area contributed by atoms with Crippen LogP contribution in [-0.2, 0) is 9.53 Å². The number of benzene rings is 2. The molecule has 1 unspecified atom stereocenters. The monoisotopic (exact) mass is 382 g/mol. The summed E-state index contributed by atoms with van der Waals surface area (Å²) < 4.78 is 6.42. The van der Waals surface area contributed by atoms with E-state index in [1.165, 1.54) is 11.3 Å². The van der Waals surface area contributed by atoms with Gasteiger partial charge in [0.1, 0.15) is 4.88 Å². The molecule has 1 amide bonds. The Labute approximate surface area is 162 Å². The van der Waals surface area contributed by atoms with Crippen LogP contribution in [0.5, 0.6) is 0 Å². The molecule has 1 heterocycles. The molecule has 1 N–H and O–H groups in total. The van der Waals surface area contributed by atoms with E-state index in [0.29, 0.717) is 10.6 Å². The molecule has 0 radical (unpaired) electrons. The van der Waals surface area contributed by atoms with E-state index in [0.717, 1.165) is 21.3 Å². The van der Waals surface area contributed by atoms with Crippen LogP contribution < -0.4 is 10.2 Å². The van der Waals surface area contributed by atoms with Crippen LogP contribution in [0.15, 0.2) is 48.5 Å². The van der Waals surface area contributed by atoms with Crippen LogP contribution in [-0.4, -0.2) is 32.1 Å². The quantitative estimate of drug-likeness (QED) is 0.662. The van der Waals surface area contributed by atoms with Crippen LogP contribution in [0.4, 0.5) is 11.4 Å². The molecule has 3 aromatic rings. The van der Waals surface area contributed by atoms with Crippen molar-refractivity contribution < 1.29 is 14.3 Å². The molecule has 0 spiro atoms. The molecule has 1 atom stereocenters. The van der Waals surface area contributed by atoms with Gasteiger partial charge in [0.15, 0.2) is 6.10 Å². The Balaban J connectivity index is 1.66. The van der Waals surface area contributed by atoms with Gasteiger partial charge < -0.3 is 15.0 Å². The number of fused-ring (bicyclic) bond motifs is 1. The number of anilines is 2. The van der Waals surface area contributed by atoms with Gasteiger partial charge in [-0.25, -0.2) is 4.79 Å². The van der Waals surface area contributed by atoms with Crippen molar-refractivity contribution in [1.82, 2.24) is 0 Å². The highest BCUT2D eigenvalue weighted by Crippen LogP contribution is 2.31. The predicted molar refractivity (Wildman–Crippen MR) is 111 cm³/mol. The summed E-state index contributed by atoms with van der Waals surface area (Å²) in [6.45, 7) is 3.47. The molecule has 0 fully saturated rings. The molecule has 0 aliphatic rings. The Morgan fingerprint density at radius 3 is 2.37 bits per heavy atom. The van der Waals surface area contributed by atoms with Crippen LogP contribution in [0.1, 0.15) is 22.2 Å². The van der Waals surface area contributed by atoms with E-state index in [2.05, 4.69) is 5.32 Å². The fourth-order valence-electron chi connectivity index (χ4n) is 2.72. The van der Waals surface area contributed by atoms with Gasteiger partial charge in [0.25, 0.3) is 5.91 Å². The highest BCUT2D eigenvalue weighted by Gasteiger charge is 2.22. The van der Waals surface area contributed by atoms with Gasteiger partial charge in [-0.05, 0) is 55.1 Å². The number of hydrogen-bond acceptors (Lipinski definition) is 5. The van der Waals surface area contributed by atoms with Crippen molar-refractivity contribution in [2.45, 2.75) is 20.0 Å². The van der Waals surface area contributed by atoms with Gasteiger partial charge in [-0.3, -0.25) is 4.79 Å². The summed E-state index contributed by atoms with van der Waals surface area (Å²) in [6, 6.07) is 15.3. The fourth-order valence-corrected chi connectivity index (χ4v) is 3.82. The van der Waals surface area contributed by atoms with Crippen molar-refractivity contribution in [2.24, 2.45) is 0 Å². The number of carbonyl (C=O) groups is 2. The normalized spacial score (nSPS) is 11.9. The second kappa shape index (κ2) is 7.80. The lowest BCUT2D eigenvalue weighted by Gasteiger charge is -2.15. The van der Waals surface area contributed by atoms with Crippen molar-refractivity contribution in [3.63, 3.8) is 0 Å². The molecular formula is C21H22N2O3S. The molecule has 0 aliphatic carbocycles. The number of hydrogen-bond donors (Lipinski definition) is 1. The minimum absolute atomic E-state index is 0.361. The minimum atomic E-state index is -0.893. The third-order valence-corrected chi connectivity index (χ3v) is 5.59. The van der Waals surface area contributed by atoms with Crippen LogP contribution in [0.3, 0.4) is 0 Å². The second-order valence-corrected chi connectivity index (χ2v) is 7.58. The van der Waals surface area contributed by atoms with Gasteiger partial charge >= 0.3 is 5.97 Å². The summed E-state index contributed by atoms with van der Waals surface area (Å²) in [7, 11) is 3.90. The van der Waals surface area contributed by atoms with E-state index in [1.54, 1.807) is 6.92 Å². The number of esters is 1. The van der Waals surface area contributed by atoms with Gasteiger partial charge in [-0.2, -0.15) is 0 Å². The highest BCUT2D eigenvalue weighted by molar-refractivity contribution is 7.21. The third-order valence-electron chi connectivity index (χ3n) is 4.33. The Bertz CT molecular complexity index is 977. The topological polar surface area (TPSA) is 58.6 Å². The van der Waals surface area contributed by atoms with Crippen molar-refractivity contribution in [3.05, 3.63) is 59.0 Å². The molecule has 0 aliphatic heterocycles. The SMILES string of the molecule is Cc1c(C(=O)OC(C)C(=O)Nc2ccc(N(C)C)cc2)sc2ccccc12. The molecule has 0 bridgehead atoms. The van der Waals surface area contributed by atoms with E-state index in [4.69, 9.17) is 4.74 Å². The molecule has 5 nitrogen and oxygen atoms in total. The Morgan fingerprint density at radius 1 is 1.07 bits per heavy atom. The van der Waals surface area contributed by atoms with Crippen LogP contribution in [0, 0.1) is 6.92 Å². The molecule has 0 saturated carbocycles. The Kier molecular flexibility index (Phi) is 5.46. The smallest absolute Gasteiger partial charge is 0.349 e. The van der Waals surface area contributed by atoms with E-state index < -0.39 is 12.1 Å². The number of amides is 1. The van der Waals surface area contributed by atoms with Gasteiger partial charge in [-0.15, -0.1) is 11.3 Å². The lowest BCUT2D eigenvalue weighted by molar-refractivity contribution is -0.123. The summed E-state index contributed by atoms with van der Waals surface area (Å²) in [5, 5.41) is 3.81. The maximum atomic E-state index is 12.5. The third kappa shape index (κ3) is 4.11. The van der Waals surface area contributed by atoms with Crippen LogP contribution >= 0.6 is 11.3 Å². The Hall–Kier alpha value is -2.86. The first-order valence-electron chi connectivity index (χ1n) is 8.64. The first kappa shape index (κ1) is 18.9. The molecule has 6 heteroatoms. The van der Waals surface area contributed by atoms with Gasteiger partial charge in [0.05, 0.1) is 0 Å². The largest absolute Gasteiger partial charge is 0.448 e. The molecule has 3 rings (SSSR count). The number of thiophene rings is 1. The second-order valence-electron chi connectivity index (χ2n) is 6.53. The van der Waals surface area contributed by atoms with Gasteiger partial charge in [0, 0.05) is 30.2 Å². The zero-order valence-corrected chi connectivity index (χ0v) is 16.6. The van der Waals surface area contributed by atoms with E-state index in [-0.39, 0.29) is 5.91 Å². The van der Waals surface area contributed by atoms with Crippen molar-refractivity contribution in [1.29, 1.82) is 0 Å². The van der Waals surface area contributed by atoms with E-state index in [9.17, 15) is 9.59 Å². The van der Waals surface area contributed by atoms with Crippen molar-refractivity contribution in [3.8, 4) is 0 Å². The summed E-state index contributed by atoms with van der Waals surface area (Å²) in [5.41, 5.74) is 2.58. The number of carbonyl (C=O) groups excluding carboxylic acids is 2. The molecule has 1 aromatic heterocycles. The zero-order chi connectivity index (χ0) is 19.6. The van der Waals surface area contributed by atoms with Crippen LogP contribution in [0.25, 0.3) is 10.1 Å². The zero-order valence-electron chi connectivity index (χ0n) is 15.8. The lowest BCUT2D eigenvalue weighted by atomic mass is 10.1. The number of rotatable bonds is 5. The minimum Gasteiger partial charge on any atom is -0.448 e.